The lowest BCUT2D eigenvalue weighted by atomic mass is 10.0. The zero-order valence-corrected chi connectivity index (χ0v) is 18.6. The van der Waals surface area contributed by atoms with Gasteiger partial charge in [0.25, 0.3) is 0 Å². The third-order valence-corrected chi connectivity index (χ3v) is 4.82. The number of hydrogen-bond acceptors (Lipinski definition) is 3. The number of unbranched alkanes of at least 4 members (excludes halogenated alkanes) is 14. The third-order valence-electron chi connectivity index (χ3n) is 4.82. The number of carboxylic acids is 1. The standard InChI is InChI=1S/C18H36O2.C5H13NO/c1-2-3-4-5-6-7-8-9-10-11-12-13-14-15-16-17-18(19)20;1-3-5(7)6-4-2/h2-17H2,1H3,(H,19,20);5-7H,3-4H2,1-2H3. The Hall–Kier alpha value is -0.610. The summed E-state index contributed by atoms with van der Waals surface area (Å²) in [4.78, 5) is 10.3. The number of nitrogens with one attached hydrogen (secondary N) is 1. The SMILES string of the molecule is CCCCCCCCCCCCCCCCCC(=O)O.CCNC(O)CC. The van der Waals surface area contributed by atoms with Crippen molar-refractivity contribution in [2.24, 2.45) is 0 Å². The fourth-order valence-electron chi connectivity index (χ4n) is 3.03. The van der Waals surface area contributed by atoms with E-state index in [1.807, 2.05) is 13.8 Å². The summed E-state index contributed by atoms with van der Waals surface area (Å²) in [5, 5.41) is 20.1. The van der Waals surface area contributed by atoms with Crippen molar-refractivity contribution in [3.05, 3.63) is 0 Å². The lowest BCUT2D eigenvalue weighted by molar-refractivity contribution is -0.137. The molecule has 0 bridgehead atoms. The van der Waals surface area contributed by atoms with E-state index in [0.29, 0.717) is 6.42 Å². The molecule has 0 aromatic heterocycles. The second-order valence-electron chi connectivity index (χ2n) is 7.58. The van der Waals surface area contributed by atoms with Crippen molar-refractivity contribution in [1.29, 1.82) is 0 Å². The van der Waals surface area contributed by atoms with Gasteiger partial charge in [0, 0.05) is 6.42 Å². The van der Waals surface area contributed by atoms with Gasteiger partial charge in [-0.05, 0) is 19.4 Å². The average Bonchev–Trinajstić information content (AvgIpc) is 2.65. The molecule has 0 aromatic carbocycles. The average molecular weight is 388 g/mol. The van der Waals surface area contributed by atoms with Gasteiger partial charge in [0.05, 0.1) is 0 Å². The zero-order valence-electron chi connectivity index (χ0n) is 18.6. The van der Waals surface area contributed by atoms with E-state index in [9.17, 15) is 4.79 Å². The van der Waals surface area contributed by atoms with Gasteiger partial charge in [0.15, 0.2) is 0 Å². The Morgan fingerprint density at radius 2 is 1.07 bits per heavy atom. The van der Waals surface area contributed by atoms with E-state index in [0.717, 1.165) is 25.8 Å². The van der Waals surface area contributed by atoms with Gasteiger partial charge in [0.2, 0.25) is 0 Å². The van der Waals surface area contributed by atoms with Crippen molar-refractivity contribution in [2.75, 3.05) is 6.54 Å². The summed E-state index contributed by atoms with van der Waals surface area (Å²) in [6.07, 6.45) is 20.7. The minimum Gasteiger partial charge on any atom is -0.481 e. The van der Waals surface area contributed by atoms with Crippen LogP contribution in [0.3, 0.4) is 0 Å². The summed E-state index contributed by atoms with van der Waals surface area (Å²) in [7, 11) is 0. The maximum Gasteiger partial charge on any atom is 0.303 e. The molecule has 0 saturated heterocycles. The summed E-state index contributed by atoms with van der Waals surface area (Å²) < 4.78 is 0. The van der Waals surface area contributed by atoms with Gasteiger partial charge in [-0.2, -0.15) is 0 Å². The van der Waals surface area contributed by atoms with Crippen LogP contribution < -0.4 is 5.32 Å². The van der Waals surface area contributed by atoms with Crippen molar-refractivity contribution in [2.45, 2.75) is 136 Å². The molecule has 4 nitrogen and oxygen atoms in total. The van der Waals surface area contributed by atoms with Crippen molar-refractivity contribution >= 4 is 5.97 Å². The van der Waals surface area contributed by atoms with E-state index in [1.54, 1.807) is 0 Å². The summed E-state index contributed by atoms with van der Waals surface area (Å²) in [5.41, 5.74) is 0. The van der Waals surface area contributed by atoms with Crippen molar-refractivity contribution in [3.8, 4) is 0 Å². The van der Waals surface area contributed by atoms with Gasteiger partial charge in [0.1, 0.15) is 6.23 Å². The molecule has 0 aromatic rings. The molecule has 0 aliphatic carbocycles. The Labute approximate surface area is 169 Å². The van der Waals surface area contributed by atoms with Gasteiger partial charge in [-0.3, -0.25) is 10.1 Å². The van der Waals surface area contributed by atoms with Crippen molar-refractivity contribution < 1.29 is 15.0 Å². The van der Waals surface area contributed by atoms with Gasteiger partial charge >= 0.3 is 5.97 Å². The molecule has 0 rings (SSSR count). The molecule has 4 heteroatoms. The minimum atomic E-state index is -0.653. The Morgan fingerprint density at radius 3 is 1.33 bits per heavy atom. The number of carbonyl (C=O) groups is 1. The number of aliphatic hydroxyl groups excluding tert-OH is 1. The van der Waals surface area contributed by atoms with Crippen molar-refractivity contribution in [3.63, 3.8) is 0 Å². The molecular formula is C23H49NO3. The van der Waals surface area contributed by atoms with Crippen molar-refractivity contribution in [1.82, 2.24) is 5.32 Å². The first-order valence-corrected chi connectivity index (χ1v) is 11.7. The van der Waals surface area contributed by atoms with E-state index in [4.69, 9.17) is 10.2 Å². The minimum absolute atomic E-state index is 0.301. The van der Waals surface area contributed by atoms with Gasteiger partial charge in [-0.25, -0.2) is 0 Å². The number of aliphatic hydroxyl groups is 1. The first-order chi connectivity index (χ1) is 13.1. The topological polar surface area (TPSA) is 69.6 Å². The van der Waals surface area contributed by atoms with E-state index >= 15 is 0 Å². The maximum atomic E-state index is 10.3. The van der Waals surface area contributed by atoms with Crippen LogP contribution in [-0.2, 0) is 4.79 Å². The van der Waals surface area contributed by atoms with Crippen LogP contribution in [0.2, 0.25) is 0 Å². The molecule has 27 heavy (non-hydrogen) atoms. The predicted octanol–water partition coefficient (Wildman–Crippen LogP) is 6.66. The van der Waals surface area contributed by atoms with Crippen LogP contribution in [0.1, 0.15) is 130 Å². The molecule has 1 unspecified atom stereocenters. The smallest absolute Gasteiger partial charge is 0.303 e. The molecule has 0 fully saturated rings. The number of hydrogen-bond donors (Lipinski definition) is 3. The van der Waals surface area contributed by atoms with Gasteiger partial charge in [-0.1, -0.05) is 111 Å². The molecule has 0 amide bonds. The third kappa shape index (κ3) is 30.4. The second kappa shape index (κ2) is 25.4. The van der Waals surface area contributed by atoms with Gasteiger partial charge < -0.3 is 10.2 Å². The molecule has 0 aliphatic rings. The molecular weight excluding hydrogens is 338 g/mol. The lowest BCUT2D eigenvalue weighted by Crippen LogP contribution is -2.26. The quantitative estimate of drug-likeness (QED) is 0.171. The molecule has 3 N–H and O–H groups in total. The second-order valence-corrected chi connectivity index (χ2v) is 7.58. The fourth-order valence-corrected chi connectivity index (χ4v) is 3.03. The van der Waals surface area contributed by atoms with E-state index in [-0.39, 0.29) is 6.23 Å². The summed E-state index contributed by atoms with van der Waals surface area (Å²) in [5.74, 6) is -0.653. The summed E-state index contributed by atoms with van der Waals surface area (Å²) >= 11 is 0. The summed E-state index contributed by atoms with van der Waals surface area (Å²) in [6.45, 7) is 7.02. The zero-order chi connectivity index (χ0) is 20.6. The Kier molecular flexibility index (Phi) is 26.9. The monoisotopic (exact) mass is 387 g/mol. The number of carboxylic acid groups (broad SMARTS) is 1. The Morgan fingerprint density at radius 1 is 0.704 bits per heavy atom. The summed E-state index contributed by atoms with van der Waals surface area (Å²) in [6, 6.07) is 0. The van der Waals surface area contributed by atoms with Crippen LogP contribution >= 0.6 is 0 Å². The largest absolute Gasteiger partial charge is 0.481 e. The Balaban J connectivity index is 0. The van der Waals surface area contributed by atoms with Crippen LogP contribution in [0.25, 0.3) is 0 Å². The first-order valence-electron chi connectivity index (χ1n) is 11.7. The van der Waals surface area contributed by atoms with E-state index in [1.165, 1.54) is 83.5 Å². The highest BCUT2D eigenvalue weighted by Gasteiger charge is 1.97. The molecule has 0 saturated carbocycles. The van der Waals surface area contributed by atoms with E-state index < -0.39 is 5.97 Å². The van der Waals surface area contributed by atoms with Crippen LogP contribution in [0.15, 0.2) is 0 Å². The van der Waals surface area contributed by atoms with E-state index in [2.05, 4.69) is 12.2 Å². The number of rotatable bonds is 19. The molecule has 0 aliphatic heterocycles. The predicted molar refractivity (Wildman–Crippen MR) is 117 cm³/mol. The van der Waals surface area contributed by atoms with Crippen LogP contribution in [0, 0.1) is 0 Å². The number of aliphatic carboxylic acids is 1. The first kappa shape index (κ1) is 28.6. The molecule has 164 valence electrons. The van der Waals surface area contributed by atoms with Crippen LogP contribution in [-0.4, -0.2) is 29.0 Å². The molecule has 1 atom stereocenters. The highest BCUT2D eigenvalue weighted by molar-refractivity contribution is 5.66. The van der Waals surface area contributed by atoms with Crippen LogP contribution in [0.4, 0.5) is 0 Å². The lowest BCUT2D eigenvalue weighted by Gasteiger charge is -2.05. The fraction of sp³-hybridized carbons (Fsp3) is 0.957. The molecule has 0 spiro atoms. The normalized spacial score (nSPS) is 11.7. The molecule has 0 heterocycles. The van der Waals surface area contributed by atoms with Gasteiger partial charge in [-0.15, -0.1) is 0 Å². The highest BCUT2D eigenvalue weighted by atomic mass is 16.4. The highest BCUT2D eigenvalue weighted by Crippen LogP contribution is 2.13. The Bertz CT molecular complexity index is 285. The molecule has 0 radical (unpaired) electrons. The van der Waals surface area contributed by atoms with Crippen LogP contribution in [0.5, 0.6) is 0 Å². The maximum absolute atomic E-state index is 10.3.